The number of carbonyl (C=O) groups excluding carboxylic acids is 2. The number of carbonyl (C=O) groups is 2. The third-order valence-corrected chi connectivity index (χ3v) is 8.36. The molecule has 0 saturated carbocycles. The Morgan fingerprint density at radius 1 is 1.16 bits per heavy atom. The van der Waals surface area contributed by atoms with Gasteiger partial charge in [0.05, 0.1) is 23.8 Å². The fourth-order valence-electron chi connectivity index (χ4n) is 5.29. The van der Waals surface area contributed by atoms with Gasteiger partial charge in [0, 0.05) is 41.0 Å². The van der Waals surface area contributed by atoms with Gasteiger partial charge in [-0.1, -0.05) is 17.7 Å². The van der Waals surface area contributed by atoms with E-state index in [0.29, 0.717) is 45.2 Å². The van der Waals surface area contributed by atoms with Crippen molar-refractivity contribution in [3.63, 3.8) is 0 Å². The summed E-state index contributed by atoms with van der Waals surface area (Å²) in [6, 6.07) is 12.8. The molecule has 0 unspecified atom stereocenters. The van der Waals surface area contributed by atoms with E-state index in [1.54, 1.807) is 29.9 Å². The normalized spacial score (nSPS) is 15.1. The van der Waals surface area contributed by atoms with Crippen molar-refractivity contribution >= 4 is 46.2 Å². The van der Waals surface area contributed by atoms with E-state index in [1.165, 1.54) is 11.3 Å². The zero-order valence-corrected chi connectivity index (χ0v) is 26.9. The van der Waals surface area contributed by atoms with Crippen LogP contribution in [0, 0.1) is 12.8 Å². The highest BCUT2D eigenvalue weighted by molar-refractivity contribution is 7.13. The van der Waals surface area contributed by atoms with Crippen LogP contribution >= 0.6 is 22.9 Å². The van der Waals surface area contributed by atoms with Crippen LogP contribution in [0.4, 0.5) is 11.4 Å². The molecule has 1 fully saturated rings. The van der Waals surface area contributed by atoms with Crippen molar-refractivity contribution in [1.82, 2.24) is 15.2 Å². The predicted molar refractivity (Wildman–Crippen MR) is 174 cm³/mol. The number of amides is 1. The number of hydrogen-bond donors (Lipinski definition) is 1. The average molecular weight is 634 g/mol. The minimum Gasteiger partial charge on any atom is -0.460 e. The van der Waals surface area contributed by atoms with Crippen LogP contribution in [0.5, 0.6) is 11.5 Å². The van der Waals surface area contributed by atoms with Gasteiger partial charge in [-0.15, -0.1) is 11.3 Å². The van der Waals surface area contributed by atoms with E-state index in [1.807, 2.05) is 58.0 Å². The number of hydrogen-bond acceptors (Lipinski definition) is 9. The molecule has 1 aliphatic rings. The lowest BCUT2D eigenvalue weighted by Gasteiger charge is -2.37. The zero-order valence-electron chi connectivity index (χ0n) is 25.3. The quantitative estimate of drug-likeness (QED) is 0.185. The molecule has 1 saturated heterocycles. The fourth-order valence-corrected chi connectivity index (χ4v) is 6.26. The summed E-state index contributed by atoms with van der Waals surface area (Å²) >= 11 is 7.58. The van der Waals surface area contributed by atoms with Crippen molar-refractivity contribution in [3.8, 4) is 22.1 Å². The predicted octanol–water partition coefficient (Wildman–Crippen LogP) is 7.94. The molecule has 1 amide bonds. The lowest BCUT2D eigenvalue weighted by molar-refractivity contribution is -0.155. The topological polar surface area (TPSA) is 107 Å². The van der Waals surface area contributed by atoms with Gasteiger partial charge in [-0.05, 0) is 89.3 Å². The van der Waals surface area contributed by atoms with E-state index in [2.05, 4.69) is 25.4 Å². The van der Waals surface area contributed by atoms with Gasteiger partial charge in [0.25, 0.3) is 5.91 Å². The van der Waals surface area contributed by atoms with Crippen LogP contribution in [-0.2, 0) is 9.53 Å². The molecule has 2 aromatic heterocycles. The number of ether oxygens (including phenoxy) is 2. The van der Waals surface area contributed by atoms with Gasteiger partial charge in [0.15, 0.2) is 0 Å². The molecule has 1 aliphatic heterocycles. The van der Waals surface area contributed by atoms with Gasteiger partial charge in [0.1, 0.15) is 27.8 Å². The van der Waals surface area contributed by atoms with Crippen molar-refractivity contribution < 1.29 is 19.1 Å². The molecule has 3 heterocycles. The maximum absolute atomic E-state index is 13.5. The Hall–Kier alpha value is -4.02. The zero-order chi connectivity index (χ0) is 31.3. The Bertz CT molecular complexity index is 1620. The smallest absolute Gasteiger partial charge is 0.306 e. The number of thiazole rings is 1. The second-order valence-corrected chi connectivity index (χ2v) is 13.1. The number of piperidine rings is 1. The summed E-state index contributed by atoms with van der Waals surface area (Å²) in [7, 11) is 0. The van der Waals surface area contributed by atoms with Gasteiger partial charge in [-0.3, -0.25) is 9.59 Å². The molecule has 0 aliphatic carbocycles. The first-order valence-electron chi connectivity index (χ1n) is 14.6. The lowest BCUT2D eigenvalue weighted by atomic mass is 9.92. The third kappa shape index (κ3) is 8.12. The molecule has 230 valence electrons. The molecule has 0 bridgehead atoms. The molecule has 9 nitrogen and oxygen atoms in total. The maximum Gasteiger partial charge on any atom is 0.306 e. The molecular weight excluding hydrogens is 598 g/mol. The van der Waals surface area contributed by atoms with E-state index < -0.39 is 5.60 Å². The summed E-state index contributed by atoms with van der Waals surface area (Å²) in [5, 5.41) is 13.8. The van der Waals surface area contributed by atoms with Gasteiger partial charge in [-0.25, -0.2) is 4.98 Å². The first kappa shape index (κ1) is 31.4. The van der Waals surface area contributed by atoms with E-state index in [-0.39, 0.29) is 11.9 Å². The van der Waals surface area contributed by atoms with Crippen molar-refractivity contribution in [2.24, 2.45) is 5.92 Å². The van der Waals surface area contributed by atoms with E-state index >= 15 is 0 Å². The Morgan fingerprint density at radius 2 is 2.00 bits per heavy atom. The molecule has 5 rings (SSSR count). The standard InChI is InChI=1S/C33H36ClN5O4S/c1-21-28(42-25-9-5-8-24(34)17-25)12-11-26(37-31(41)27-20-44-32(38-27)23-14-15-35-36-18-23)30(21)39-16-6-7-22(19-39)10-13-29(40)43-33(2,3)4/h5,8-9,11-12,14-15,17-18,20,22H,6-7,10,13,16,19H2,1-4H3,(H,37,41)/t22-/m0/s1. The summed E-state index contributed by atoms with van der Waals surface area (Å²) in [5.74, 6) is 1.10. The number of anilines is 2. The second kappa shape index (κ2) is 13.7. The lowest BCUT2D eigenvalue weighted by Crippen LogP contribution is -2.37. The molecule has 2 aromatic carbocycles. The number of halogens is 1. The highest BCUT2D eigenvalue weighted by atomic mass is 35.5. The number of nitrogens with one attached hydrogen (secondary N) is 1. The number of aromatic nitrogens is 3. The van der Waals surface area contributed by atoms with Crippen LogP contribution in [0.15, 0.2) is 60.2 Å². The van der Waals surface area contributed by atoms with Gasteiger partial charge >= 0.3 is 5.97 Å². The molecule has 0 radical (unpaired) electrons. The number of rotatable bonds is 9. The summed E-state index contributed by atoms with van der Waals surface area (Å²) < 4.78 is 11.8. The van der Waals surface area contributed by atoms with Crippen LogP contribution in [0.3, 0.4) is 0 Å². The maximum atomic E-state index is 13.5. The molecule has 11 heteroatoms. The Kier molecular flexibility index (Phi) is 9.80. The van der Waals surface area contributed by atoms with Gasteiger partial charge in [0.2, 0.25) is 0 Å². The molecule has 1 N–H and O–H groups in total. The first-order valence-corrected chi connectivity index (χ1v) is 15.9. The molecule has 44 heavy (non-hydrogen) atoms. The fraction of sp³-hybridized carbons (Fsp3) is 0.364. The van der Waals surface area contributed by atoms with E-state index in [4.69, 9.17) is 21.1 Å². The molecular formula is C33H36ClN5O4S. The highest BCUT2D eigenvalue weighted by Crippen LogP contribution is 2.40. The number of nitrogens with zero attached hydrogens (tertiary/aromatic N) is 4. The van der Waals surface area contributed by atoms with Crippen molar-refractivity contribution in [2.75, 3.05) is 23.3 Å². The summed E-state index contributed by atoms with van der Waals surface area (Å²) in [6.07, 6.45) is 6.30. The minimum absolute atomic E-state index is 0.180. The Labute approximate surface area is 266 Å². The monoisotopic (exact) mass is 633 g/mol. The third-order valence-electron chi connectivity index (χ3n) is 7.23. The van der Waals surface area contributed by atoms with Crippen LogP contribution in [-0.4, -0.2) is 45.7 Å². The Balaban J connectivity index is 1.40. The van der Waals surface area contributed by atoms with Crippen LogP contribution in [0.1, 0.15) is 62.5 Å². The molecule has 1 atom stereocenters. The number of benzene rings is 2. The van der Waals surface area contributed by atoms with Gasteiger partial charge in [-0.2, -0.15) is 10.2 Å². The molecule has 0 spiro atoms. The summed E-state index contributed by atoms with van der Waals surface area (Å²) in [5.41, 5.74) is 3.05. The second-order valence-electron chi connectivity index (χ2n) is 11.8. The summed E-state index contributed by atoms with van der Waals surface area (Å²) in [4.78, 5) is 32.7. The van der Waals surface area contributed by atoms with Gasteiger partial charge < -0.3 is 19.7 Å². The first-order chi connectivity index (χ1) is 21.1. The highest BCUT2D eigenvalue weighted by Gasteiger charge is 2.27. The summed E-state index contributed by atoms with van der Waals surface area (Å²) in [6.45, 7) is 9.19. The average Bonchev–Trinajstić information content (AvgIpc) is 3.48. The van der Waals surface area contributed by atoms with E-state index in [0.717, 1.165) is 49.2 Å². The SMILES string of the molecule is Cc1c(Oc2cccc(Cl)c2)ccc(NC(=O)c2csc(-c3ccnnc3)n2)c1N1CCC[C@@H](CCC(=O)OC(C)(C)C)C1. The molecule has 4 aromatic rings. The minimum atomic E-state index is -0.503. The van der Waals surface area contributed by atoms with Crippen LogP contribution in [0.25, 0.3) is 10.6 Å². The van der Waals surface area contributed by atoms with Crippen molar-refractivity contribution in [2.45, 2.75) is 59.0 Å². The van der Waals surface area contributed by atoms with Crippen molar-refractivity contribution in [1.29, 1.82) is 0 Å². The van der Waals surface area contributed by atoms with Crippen molar-refractivity contribution in [3.05, 3.63) is 76.5 Å². The number of esters is 1. The largest absolute Gasteiger partial charge is 0.460 e. The Morgan fingerprint density at radius 3 is 2.75 bits per heavy atom. The van der Waals surface area contributed by atoms with E-state index in [9.17, 15) is 9.59 Å². The van der Waals surface area contributed by atoms with Crippen LogP contribution < -0.4 is 15.0 Å². The van der Waals surface area contributed by atoms with Crippen LogP contribution in [0.2, 0.25) is 5.02 Å².